The second kappa shape index (κ2) is 5.63. The zero-order valence-electron chi connectivity index (χ0n) is 9.16. The molecule has 0 N–H and O–H groups in total. The van der Waals surface area contributed by atoms with Crippen molar-refractivity contribution in [1.29, 1.82) is 0 Å². The molecule has 0 aliphatic heterocycles. The molecule has 15 heavy (non-hydrogen) atoms. The van der Waals surface area contributed by atoms with Gasteiger partial charge >= 0.3 is 0 Å². The number of halogens is 1. The number of hydrogen-bond donors (Lipinski definition) is 0. The molecule has 1 rings (SSSR count). The van der Waals surface area contributed by atoms with E-state index in [0.29, 0.717) is 0 Å². The van der Waals surface area contributed by atoms with Gasteiger partial charge < -0.3 is 9.80 Å². The van der Waals surface area contributed by atoms with E-state index in [1.54, 1.807) is 4.90 Å². The third-order valence-electron chi connectivity index (χ3n) is 2.04. The van der Waals surface area contributed by atoms with Crippen LogP contribution < -0.4 is 0 Å². The van der Waals surface area contributed by atoms with Crippen LogP contribution in [-0.4, -0.2) is 49.9 Å². The first-order chi connectivity index (χ1) is 7.02. The van der Waals surface area contributed by atoms with Crippen LogP contribution in [0.4, 0.5) is 0 Å². The molecular weight excluding hydrogens is 276 g/mol. The third-order valence-corrected chi connectivity index (χ3v) is 3.87. The lowest BCUT2D eigenvalue weighted by Crippen LogP contribution is -2.33. The molecule has 0 saturated heterocycles. The monoisotopic (exact) mass is 290 g/mol. The maximum absolute atomic E-state index is 11.9. The largest absolute Gasteiger partial charge is 0.340 e. The lowest BCUT2D eigenvalue weighted by atomic mass is 10.4. The summed E-state index contributed by atoms with van der Waals surface area (Å²) < 4.78 is 0.884. The molecule has 1 aromatic rings. The van der Waals surface area contributed by atoms with Crippen LogP contribution in [0.1, 0.15) is 9.67 Å². The van der Waals surface area contributed by atoms with Gasteiger partial charge in [-0.05, 0) is 41.5 Å². The van der Waals surface area contributed by atoms with Crippen molar-refractivity contribution < 1.29 is 4.79 Å². The summed E-state index contributed by atoms with van der Waals surface area (Å²) in [5, 5.41) is 1.91. The molecule has 0 aliphatic carbocycles. The summed E-state index contributed by atoms with van der Waals surface area (Å²) in [5.41, 5.74) is 0. The van der Waals surface area contributed by atoms with E-state index in [2.05, 4.69) is 20.8 Å². The van der Waals surface area contributed by atoms with E-state index < -0.39 is 0 Å². The van der Waals surface area contributed by atoms with Crippen molar-refractivity contribution in [2.45, 2.75) is 0 Å². The summed E-state index contributed by atoms with van der Waals surface area (Å²) in [5.74, 6) is 0.0822. The van der Waals surface area contributed by atoms with Crippen LogP contribution in [0, 0.1) is 0 Å². The molecule has 1 heterocycles. The van der Waals surface area contributed by atoms with Gasteiger partial charge in [-0.2, -0.15) is 0 Å². The van der Waals surface area contributed by atoms with E-state index >= 15 is 0 Å². The van der Waals surface area contributed by atoms with Crippen LogP contribution in [0.15, 0.2) is 15.9 Å². The molecule has 0 fully saturated rings. The molecule has 0 radical (unpaired) electrons. The normalized spacial score (nSPS) is 10.7. The first-order valence-corrected chi connectivity index (χ1v) is 6.33. The fourth-order valence-electron chi connectivity index (χ4n) is 1.07. The van der Waals surface area contributed by atoms with Crippen molar-refractivity contribution in [3.63, 3.8) is 0 Å². The zero-order chi connectivity index (χ0) is 11.4. The molecule has 0 spiro atoms. The van der Waals surface area contributed by atoms with Gasteiger partial charge in [0, 0.05) is 24.6 Å². The molecule has 0 aromatic carbocycles. The Balaban J connectivity index is 2.57. The molecule has 1 amide bonds. The highest BCUT2D eigenvalue weighted by molar-refractivity contribution is 9.10. The Morgan fingerprint density at radius 1 is 1.40 bits per heavy atom. The topological polar surface area (TPSA) is 23.6 Å². The van der Waals surface area contributed by atoms with E-state index in [9.17, 15) is 4.79 Å². The van der Waals surface area contributed by atoms with Crippen molar-refractivity contribution in [2.75, 3.05) is 34.2 Å². The number of thiophene rings is 1. The molecule has 0 unspecified atom stereocenters. The molecule has 5 heteroatoms. The second-order valence-electron chi connectivity index (χ2n) is 3.63. The average molecular weight is 291 g/mol. The van der Waals surface area contributed by atoms with Crippen molar-refractivity contribution >= 4 is 33.2 Å². The van der Waals surface area contributed by atoms with Gasteiger partial charge in [0.25, 0.3) is 5.91 Å². The van der Waals surface area contributed by atoms with Crippen molar-refractivity contribution in [3.05, 3.63) is 20.8 Å². The fraction of sp³-hybridized carbons (Fsp3) is 0.500. The minimum absolute atomic E-state index is 0.0822. The molecule has 1 aromatic heterocycles. The summed E-state index contributed by atoms with van der Waals surface area (Å²) in [6.45, 7) is 1.63. The first-order valence-electron chi connectivity index (χ1n) is 4.65. The maximum Gasteiger partial charge on any atom is 0.264 e. The van der Waals surface area contributed by atoms with Gasteiger partial charge in [-0.25, -0.2) is 0 Å². The van der Waals surface area contributed by atoms with Gasteiger partial charge in [-0.15, -0.1) is 11.3 Å². The quantitative estimate of drug-likeness (QED) is 0.848. The van der Waals surface area contributed by atoms with Crippen LogP contribution >= 0.6 is 27.3 Å². The highest BCUT2D eigenvalue weighted by atomic mass is 79.9. The Labute approximate surface area is 103 Å². The van der Waals surface area contributed by atoms with E-state index in [0.717, 1.165) is 22.4 Å². The molecule has 0 atom stereocenters. The summed E-state index contributed by atoms with van der Waals surface area (Å²) in [7, 11) is 5.83. The van der Waals surface area contributed by atoms with Gasteiger partial charge in [0.2, 0.25) is 0 Å². The summed E-state index contributed by atoms with van der Waals surface area (Å²) in [6.07, 6.45) is 0. The number of likely N-dealkylation sites (N-methyl/N-ethyl adjacent to an activating group) is 2. The van der Waals surface area contributed by atoms with Crippen LogP contribution in [0.3, 0.4) is 0 Å². The lowest BCUT2D eigenvalue weighted by Gasteiger charge is -2.19. The smallest absolute Gasteiger partial charge is 0.264 e. The predicted octanol–water partition coefficient (Wildman–Crippen LogP) is 2.14. The predicted molar refractivity (Wildman–Crippen MR) is 67.5 cm³/mol. The van der Waals surface area contributed by atoms with Gasteiger partial charge in [-0.1, -0.05) is 0 Å². The Morgan fingerprint density at radius 2 is 2.07 bits per heavy atom. The third kappa shape index (κ3) is 3.59. The van der Waals surface area contributed by atoms with Crippen molar-refractivity contribution in [1.82, 2.24) is 9.80 Å². The number of carbonyl (C=O) groups is 1. The maximum atomic E-state index is 11.9. The van der Waals surface area contributed by atoms with Crippen LogP contribution in [0.5, 0.6) is 0 Å². The summed E-state index contributed by atoms with van der Waals surface area (Å²) >= 11 is 4.84. The SMILES string of the molecule is CN(C)CCN(C)C(=O)c1sccc1Br. The summed E-state index contributed by atoms with van der Waals surface area (Å²) in [4.78, 5) is 16.5. The minimum atomic E-state index is 0.0822. The Bertz CT molecular complexity index is 338. The number of nitrogens with zero attached hydrogens (tertiary/aromatic N) is 2. The van der Waals surface area contributed by atoms with Crippen molar-refractivity contribution in [3.8, 4) is 0 Å². The minimum Gasteiger partial charge on any atom is -0.340 e. The van der Waals surface area contributed by atoms with E-state index in [-0.39, 0.29) is 5.91 Å². The number of amides is 1. The zero-order valence-corrected chi connectivity index (χ0v) is 11.6. The van der Waals surface area contributed by atoms with Crippen LogP contribution in [0.2, 0.25) is 0 Å². The lowest BCUT2D eigenvalue weighted by molar-refractivity contribution is 0.0790. The first kappa shape index (κ1) is 12.7. The second-order valence-corrected chi connectivity index (χ2v) is 5.40. The van der Waals surface area contributed by atoms with Gasteiger partial charge in [-0.3, -0.25) is 4.79 Å². The average Bonchev–Trinajstić information content (AvgIpc) is 2.59. The Morgan fingerprint density at radius 3 is 2.53 bits per heavy atom. The fourth-order valence-corrected chi connectivity index (χ4v) is 2.61. The molecule has 84 valence electrons. The Hall–Kier alpha value is -0.390. The van der Waals surface area contributed by atoms with Gasteiger partial charge in [0.05, 0.1) is 0 Å². The van der Waals surface area contributed by atoms with E-state index in [1.165, 1.54) is 11.3 Å². The Kier molecular flexibility index (Phi) is 4.76. The van der Waals surface area contributed by atoms with E-state index in [4.69, 9.17) is 0 Å². The van der Waals surface area contributed by atoms with Crippen LogP contribution in [0.25, 0.3) is 0 Å². The standard InChI is InChI=1S/C10H15BrN2OS/c1-12(2)5-6-13(3)10(14)9-8(11)4-7-15-9/h4,7H,5-6H2,1-3H3. The molecular formula is C10H15BrN2OS. The number of rotatable bonds is 4. The summed E-state index contributed by atoms with van der Waals surface area (Å²) in [6, 6.07) is 1.90. The number of hydrogen-bond acceptors (Lipinski definition) is 3. The van der Waals surface area contributed by atoms with Crippen LogP contribution in [-0.2, 0) is 0 Å². The van der Waals surface area contributed by atoms with E-state index in [1.807, 2.05) is 32.6 Å². The van der Waals surface area contributed by atoms with Gasteiger partial charge in [0.15, 0.2) is 0 Å². The highest BCUT2D eigenvalue weighted by Gasteiger charge is 2.15. The highest BCUT2D eigenvalue weighted by Crippen LogP contribution is 2.23. The molecule has 3 nitrogen and oxygen atoms in total. The molecule has 0 saturated carbocycles. The molecule has 0 aliphatic rings. The van der Waals surface area contributed by atoms with Crippen molar-refractivity contribution in [2.24, 2.45) is 0 Å². The number of carbonyl (C=O) groups excluding carboxylic acids is 1. The van der Waals surface area contributed by atoms with Gasteiger partial charge in [0.1, 0.15) is 4.88 Å². The molecule has 0 bridgehead atoms.